The van der Waals surface area contributed by atoms with Crippen LogP contribution >= 0.6 is 0 Å². The van der Waals surface area contributed by atoms with E-state index in [4.69, 9.17) is 4.98 Å². The Hall–Kier alpha value is -6.82. The largest absolute Gasteiger partial charge is 0.294 e. The van der Waals surface area contributed by atoms with Crippen LogP contribution in [0.25, 0.3) is 55.5 Å². The molecule has 0 N–H and O–H groups in total. The fourth-order valence-corrected chi connectivity index (χ4v) is 14.5. The quantitative estimate of drug-likeness (QED) is 0.0812. The standard InChI is InChI=1S/C55H49N4Si/c1-38(2)46-25-17-26-47(39(3)4)55(46)40-32-33-56-54(34-40)59-50-27-13-12-24-48(50)49-31-30-45(36-53(49)59)60(42-19-8-6-9-20-42,43-21-10-7-11-22-43)44-23-16-18-41(35-44)58-37-57(5)51-28-14-15-29-52(51)58/h6-39H,1-5H3/q+1. The van der Waals surface area contributed by atoms with Gasteiger partial charge in [-0.2, -0.15) is 4.57 Å². The third-order valence-electron chi connectivity index (χ3n) is 12.5. The minimum atomic E-state index is -2.97. The molecule has 0 aliphatic rings. The molecule has 0 amide bonds. The highest BCUT2D eigenvalue weighted by atomic mass is 28.3. The molecule has 60 heavy (non-hydrogen) atoms. The van der Waals surface area contributed by atoms with Gasteiger partial charge in [0.25, 0.3) is 0 Å². The SMILES string of the molecule is CC(C)c1cccc(C(C)C)c1-c1ccnc(-n2c3ccccc3c3ccc([Si](c4ccccc4)(c4ccccc4)c4cccc(-n5c[n+](C)c6ccccc65)c4)cc32)c1. The molecular formula is C55H49N4Si+. The molecule has 0 spiro atoms. The van der Waals surface area contributed by atoms with Crippen molar-refractivity contribution in [2.45, 2.75) is 39.5 Å². The van der Waals surface area contributed by atoms with E-state index in [1.54, 1.807) is 0 Å². The van der Waals surface area contributed by atoms with E-state index in [2.05, 4.69) is 237 Å². The second kappa shape index (κ2) is 15.1. The first-order valence-corrected chi connectivity index (χ1v) is 23.2. The number of imidazole rings is 1. The monoisotopic (exact) mass is 793 g/mol. The summed E-state index contributed by atoms with van der Waals surface area (Å²) in [6.45, 7) is 9.19. The highest BCUT2D eigenvalue weighted by Crippen LogP contribution is 2.38. The molecule has 10 aromatic rings. The second-order valence-electron chi connectivity index (χ2n) is 16.7. The number of hydrogen-bond donors (Lipinski definition) is 0. The number of aromatic nitrogens is 4. The molecule has 3 heterocycles. The highest BCUT2D eigenvalue weighted by molar-refractivity contribution is 7.20. The Labute approximate surface area is 353 Å². The number of benzene rings is 7. The minimum Gasteiger partial charge on any atom is -0.294 e. The van der Waals surface area contributed by atoms with Gasteiger partial charge in [0.05, 0.1) is 18.1 Å². The van der Waals surface area contributed by atoms with E-state index >= 15 is 0 Å². The van der Waals surface area contributed by atoms with E-state index < -0.39 is 8.07 Å². The van der Waals surface area contributed by atoms with E-state index in [9.17, 15) is 0 Å². The molecule has 0 saturated heterocycles. The Balaban J connectivity index is 1.26. The first kappa shape index (κ1) is 37.4. The van der Waals surface area contributed by atoms with Crippen LogP contribution in [0.15, 0.2) is 195 Å². The summed E-state index contributed by atoms with van der Waals surface area (Å²) in [5, 5.41) is 7.76. The third kappa shape index (κ3) is 6.03. The Morgan fingerprint density at radius 3 is 1.78 bits per heavy atom. The molecule has 0 radical (unpaired) electrons. The summed E-state index contributed by atoms with van der Waals surface area (Å²) in [7, 11) is -0.847. The summed E-state index contributed by atoms with van der Waals surface area (Å²) in [6.07, 6.45) is 4.20. The van der Waals surface area contributed by atoms with Gasteiger partial charge in [0.2, 0.25) is 6.33 Å². The van der Waals surface area contributed by atoms with Crippen molar-refractivity contribution < 1.29 is 4.57 Å². The molecule has 0 aliphatic carbocycles. The topological polar surface area (TPSA) is 26.6 Å². The van der Waals surface area contributed by atoms with Gasteiger partial charge in [-0.3, -0.25) is 4.57 Å². The number of pyridine rings is 1. The van der Waals surface area contributed by atoms with E-state index in [1.165, 1.54) is 64.8 Å². The molecule has 3 aromatic heterocycles. The van der Waals surface area contributed by atoms with Crippen molar-refractivity contribution in [3.05, 3.63) is 206 Å². The number of aryl methyl sites for hydroxylation is 1. The van der Waals surface area contributed by atoms with Crippen molar-refractivity contribution in [3.8, 4) is 22.6 Å². The van der Waals surface area contributed by atoms with E-state index in [-0.39, 0.29) is 0 Å². The summed E-state index contributed by atoms with van der Waals surface area (Å²) in [4.78, 5) is 5.16. The summed E-state index contributed by atoms with van der Waals surface area (Å²) in [6, 6.07) is 67.8. The smallest absolute Gasteiger partial charge is 0.249 e. The predicted octanol–water partition coefficient (Wildman–Crippen LogP) is 10.2. The van der Waals surface area contributed by atoms with Crippen molar-refractivity contribution in [2.24, 2.45) is 7.05 Å². The number of nitrogens with zero attached hydrogens (tertiary/aromatic N) is 4. The van der Waals surface area contributed by atoms with Gasteiger partial charge in [-0.05, 0) is 103 Å². The van der Waals surface area contributed by atoms with Crippen molar-refractivity contribution in [1.29, 1.82) is 0 Å². The lowest BCUT2D eigenvalue weighted by atomic mass is 9.85. The zero-order valence-corrected chi connectivity index (χ0v) is 35.9. The lowest BCUT2D eigenvalue weighted by molar-refractivity contribution is -0.645. The van der Waals surface area contributed by atoms with Crippen molar-refractivity contribution >= 4 is 61.7 Å². The van der Waals surface area contributed by atoms with Gasteiger partial charge in [-0.1, -0.05) is 161 Å². The molecule has 0 saturated carbocycles. The van der Waals surface area contributed by atoms with E-state index in [0.29, 0.717) is 11.8 Å². The summed E-state index contributed by atoms with van der Waals surface area (Å²) in [5.74, 6) is 1.69. The average molecular weight is 794 g/mol. The van der Waals surface area contributed by atoms with Crippen LogP contribution in [0.3, 0.4) is 0 Å². The summed E-state index contributed by atoms with van der Waals surface area (Å²) < 4.78 is 6.94. The Bertz CT molecular complexity index is 3110. The lowest BCUT2D eigenvalue weighted by Gasteiger charge is -2.34. The Morgan fingerprint density at radius 2 is 1.08 bits per heavy atom. The fraction of sp³-hybridized carbons (Fsp3) is 0.127. The van der Waals surface area contributed by atoms with Crippen molar-refractivity contribution in [1.82, 2.24) is 14.1 Å². The maximum absolute atomic E-state index is 5.16. The second-order valence-corrected chi connectivity index (χ2v) is 20.5. The van der Waals surface area contributed by atoms with Crippen LogP contribution in [0.2, 0.25) is 0 Å². The van der Waals surface area contributed by atoms with Gasteiger partial charge in [0, 0.05) is 17.0 Å². The van der Waals surface area contributed by atoms with E-state index in [1.807, 2.05) is 6.20 Å². The number of para-hydroxylation sites is 3. The molecule has 0 unspecified atom stereocenters. The zero-order chi connectivity index (χ0) is 41.0. The number of hydrogen-bond acceptors (Lipinski definition) is 1. The average Bonchev–Trinajstić information content (AvgIpc) is 3.81. The Morgan fingerprint density at radius 1 is 0.500 bits per heavy atom. The fourth-order valence-electron chi connectivity index (χ4n) is 9.77. The van der Waals surface area contributed by atoms with Crippen LogP contribution in [0.4, 0.5) is 0 Å². The lowest BCUT2D eigenvalue weighted by Crippen LogP contribution is -2.74. The van der Waals surface area contributed by atoms with Gasteiger partial charge in [0.1, 0.15) is 11.5 Å². The van der Waals surface area contributed by atoms with Crippen LogP contribution in [-0.2, 0) is 7.05 Å². The molecule has 7 aromatic carbocycles. The summed E-state index contributed by atoms with van der Waals surface area (Å²) >= 11 is 0. The maximum Gasteiger partial charge on any atom is 0.249 e. The Kier molecular flexibility index (Phi) is 9.42. The molecule has 0 aliphatic heterocycles. The van der Waals surface area contributed by atoms with Crippen LogP contribution < -0.4 is 25.3 Å². The molecule has 0 fully saturated rings. The van der Waals surface area contributed by atoms with Gasteiger partial charge < -0.3 is 0 Å². The molecule has 0 bridgehead atoms. The molecular weight excluding hydrogens is 745 g/mol. The normalized spacial score (nSPS) is 12.1. The first-order chi connectivity index (χ1) is 29.3. The zero-order valence-electron chi connectivity index (χ0n) is 34.9. The summed E-state index contributed by atoms with van der Waals surface area (Å²) in [5.41, 5.74) is 11.1. The van der Waals surface area contributed by atoms with Gasteiger partial charge in [0.15, 0.2) is 19.1 Å². The molecule has 4 nitrogen and oxygen atoms in total. The molecule has 292 valence electrons. The van der Waals surface area contributed by atoms with Crippen LogP contribution in [0, 0.1) is 0 Å². The third-order valence-corrected chi connectivity index (χ3v) is 17.3. The van der Waals surface area contributed by atoms with Crippen LogP contribution in [-0.4, -0.2) is 22.2 Å². The number of fused-ring (bicyclic) bond motifs is 4. The molecule has 5 heteroatoms. The van der Waals surface area contributed by atoms with Gasteiger partial charge >= 0.3 is 0 Å². The predicted molar refractivity (Wildman–Crippen MR) is 254 cm³/mol. The highest BCUT2D eigenvalue weighted by Gasteiger charge is 2.42. The van der Waals surface area contributed by atoms with E-state index in [0.717, 1.165) is 22.5 Å². The van der Waals surface area contributed by atoms with Crippen molar-refractivity contribution in [2.75, 3.05) is 0 Å². The van der Waals surface area contributed by atoms with Gasteiger partial charge in [-0.15, -0.1) is 0 Å². The molecule has 0 atom stereocenters. The van der Waals surface area contributed by atoms with Gasteiger partial charge in [-0.25, -0.2) is 9.55 Å². The first-order valence-electron chi connectivity index (χ1n) is 21.2. The molecule has 10 rings (SSSR count). The maximum atomic E-state index is 5.16. The number of rotatable bonds is 9. The van der Waals surface area contributed by atoms with Crippen LogP contribution in [0.1, 0.15) is 50.7 Å². The van der Waals surface area contributed by atoms with Crippen LogP contribution in [0.5, 0.6) is 0 Å². The van der Waals surface area contributed by atoms with Crippen molar-refractivity contribution in [3.63, 3.8) is 0 Å². The minimum absolute atomic E-state index is 0.387.